The number of carboxylic acid groups (broad SMARTS) is 1. The number of benzene rings is 2. The molecule has 0 aromatic heterocycles. The van der Waals surface area contributed by atoms with Gasteiger partial charge in [0.1, 0.15) is 18.1 Å². The summed E-state index contributed by atoms with van der Waals surface area (Å²) in [4.78, 5) is 11.1. The minimum Gasteiger partial charge on any atom is -0.493 e. The molecule has 2 aromatic rings. The Labute approximate surface area is 141 Å². The highest BCUT2D eigenvalue weighted by atomic mass is 16.5. The van der Waals surface area contributed by atoms with Crippen molar-refractivity contribution < 1.29 is 19.4 Å². The van der Waals surface area contributed by atoms with Gasteiger partial charge in [-0.25, -0.2) is 0 Å². The molecule has 0 amide bonds. The Morgan fingerprint density at radius 3 is 2.29 bits per heavy atom. The van der Waals surface area contributed by atoms with Crippen LogP contribution in [0, 0.1) is 10.8 Å². The van der Waals surface area contributed by atoms with Crippen LogP contribution in [0.1, 0.15) is 24.8 Å². The zero-order valence-electron chi connectivity index (χ0n) is 13.4. The maximum Gasteiger partial charge on any atom is 0.309 e. The first kappa shape index (κ1) is 15.1. The van der Waals surface area contributed by atoms with Crippen LogP contribution in [-0.2, 0) is 11.4 Å². The highest BCUT2D eigenvalue weighted by Crippen LogP contribution is 2.73. The fraction of sp³-hybridized carbons (Fsp3) is 0.350. The molecular formula is C20H20O4. The highest BCUT2D eigenvalue weighted by Gasteiger charge is 2.72. The van der Waals surface area contributed by atoms with Crippen LogP contribution in [0.15, 0.2) is 54.6 Å². The van der Waals surface area contributed by atoms with Crippen molar-refractivity contribution in [1.29, 1.82) is 0 Å². The lowest BCUT2D eigenvalue weighted by Gasteiger charge is -2.67. The third kappa shape index (κ3) is 2.62. The predicted molar refractivity (Wildman–Crippen MR) is 89.1 cm³/mol. The van der Waals surface area contributed by atoms with Crippen molar-refractivity contribution in [3.8, 4) is 11.5 Å². The number of hydrogen-bond acceptors (Lipinski definition) is 3. The van der Waals surface area contributed by atoms with Crippen LogP contribution in [0.4, 0.5) is 0 Å². The number of aliphatic carboxylic acids is 1. The summed E-state index contributed by atoms with van der Waals surface area (Å²) in [5, 5.41) is 9.16. The van der Waals surface area contributed by atoms with E-state index in [4.69, 9.17) is 14.6 Å². The van der Waals surface area contributed by atoms with E-state index < -0.39 is 11.4 Å². The van der Waals surface area contributed by atoms with Gasteiger partial charge in [-0.15, -0.1) is 0 Å². The van der Waals surface area contributed by atoms with E-state index in [2.05, 4.69) is 0 Å². The second kappa shape index (κ2) is 5.55. The third-order valence-corrected chi connectivity index (χ3v) is 5.19. The molecule has 5 rings (SSSR count). The first-order valence-electron chi connectivity index (χ1n) is 8.22. The number of rotatable bonds is 7. The monoisotopic (exact) mass is 324 g/mol. The van der Waals surface area contributed by atoms with Gasteiger partial charge in [-0.3, -0.25) is 4.79 Å². The molecule has 124 valence electrons. The number of hydrogen-bond donors (Lipinski definition) is 1. The molecule has 24 heavy (non-hydrogen) atoms. The lowest BCUT2D eigenvalue weighted by atomic mass is 9.35. The Bertz CT molecular complexity index is 733. The van der Waals surface area contributed by atoms with E-state index in [9.17, 15) is 4.79 Å². The lowest BCUT2D eigenvalue weighted by molar-refractivity contribution is -0.231. The van der Waals surface area contributed by atoms with Gasteiger partial charge in [0.15, 0.2) is 0 Å². The lowest BCUT2D eigenvalue weighted by Crippen LogP contribution is -2.67. The Morgan fingerprint density at radius 1 is 0.958 bits per heavy atom. The molecule has 0 heterocycles. The van der Waals surface area contributed by atoms with E-state index in [-0.39, 0.29) is 5.41 Å². The first-order chi connectivity index (χ1) is 11.6. The quantitative estimate of drug-likeness (QED) is 0.839. The van der Waals surface area contributed by atoms with Gasteiger partial charge < -0.3 is 14.6 Å². The van der Waals surface area contributed by atoms with Crippen LogP contribution in [0.2, 0.25) is 0 Å². The summed E-state index contributed by atoms with van der Waals surface area (Å²) in [6, 6.07) is 17.7. The van der Waals surface area contributed by atoms with E-state index in [0.29, 0.717) is 13.2 Å². The fourth-order valence-electron chi connectivity index (χ4n) is 4.01. The van der Waals surface area contributed by atoms with Crippen LogP contribution < -0.4 is 9.47 Å². The molecule has 0 radical (unpaired) electrons. The Balaban J connectivity index is 1.30. The molecule has 3 aliphatic rings. The van der Waals surface area contributed by atoms with Gasteiger partial charge in [-0.2, -0.15) is 0 Å². The van der Waals surface area contributed by atoms with E-state index in [0.717, 1.165) is 36.3 Å². The van der Waals surface area contributed by atoms with Crippen LogP contribution in [0.3, 0.4) is 0 Å². The van der Waals surface area contributed by atoms with Crippen molar-refractivity contribution in [2.75, 3.05) is 6.61 Å². The highest BCUT2D eigenvalue weighted by molar-refractivity contribution is 5.79. The first-order valence-corrected chi connectivity index (χ1v) is 8.22. The maximum absolute atomic E-state index is 11.1. The van der Waals surface area contributed by atoms with Gasteiger partial charge in [0, 0.05) is 11.5 Å². The van der Waals surface area contributed by atoms with Crippen molar-refractivity contribution in [2.24, 2.45) is 10.8 Å². The summed E-state index contributed by atoms with van der Waals surface area (Å²) in [7, 11) is 0. The van der Waals surface area contributed by atoms with Crippen LogP contribution in [0.25, 0.3) is 0 Å². The Kier molecular flexibility index (Phi) is 3.48. The van der Waals surface area contributed by atoms with Gasteiger partial charge in [-0.05, 0) is 37.0 Å². The van der Waals surface area contributed by atoms with Crippen LogP contribution in [0.5, 0.6) is 11.5 Å². The molecule has 0 atom stereocenters. The molecule has 0 spiro atoms. The predicted octanol–water partition coefficient (Wildman–Crippen LogP) is 3.90. The van der Waals surface area contributed by atoms with Gasteiger partial charge in [0.05, 0.1) is 12.0 Å². The van der Waals surface area contributed by atoms with Crippen molar-refractivity contribution >= 4 is 5.97 Å². The average molecular weight is 324 g/mol. The van der Waals surface area contributed by atoms with E-state index in [1.54, 1.807) is 0 Å². The molecule has 4 nitrogen and oxygen atoms in total. The van der Waals surface area contributed by atoms with Gasteiger partial charge in [0.25, 0.3) is 0 Å². The van der Waals surface area contributed by atoms with E-state index >= 15 is 0 Å². The zero-order chi connectivity index (χ0) is 16.6. The molecule has 2 aromatic carbocycles. The van der Waals surface area contributed by atoms with Gasteiger partial charge >= 0.3 is 5.97 Å². The molecule has 0 aliphatic heterocycles. The van der Waals surface area contributed by atoms with Crippen molar-refractivity contribution in [3.63, 3.8) is 0 Å². The van der Waals surface area contributed by atoms with Crippen molar-refractivity contribution in [3.05, 3.63) is 60.2 Å². The van der Waals surface area contributed by atoms with Crippen molar-refractivity contribution in [1.82, 2.24) is 0 Å². The SMILES string of the molecule is O=C(O)C12CC(COc3cccc(OCc4ccccc4)c3)(C1)C2. The van der Waals surface area contributed by atoms with Crippen molar-refractivity contribution in [2.45, 2.75) is 25.9 Å². The molecular weight excluding hydrogens is 304 g/mol. The minimum atomic E-state index is -0.652. The minimum absolute atomic E-state index is 0.0826. The van der Waals surface area contributed by atoms with Crippen LogP contribution in [-0.4, -0.2) is 17.7 Å². The fourth-order valence-corrected chi connectivity index (χ4v) is 4.01. The molecule has 3 aliphatic carbocycles. The van der Waals surface area contributed by atoms with Crippen LogP contribution >= 0.6 is 0 Å². The molecule has 3 saturated carbocycles. The van der Waals surface area contributed by atoms with E-state index in [1.165, 1.54) is 0 Å². The second-order valence-corrected chi connectivity index (χ2v) is 7.15. The molecule has 3 fully saturated rings. The summed E-state index contributed by atoms with van der Waals surface area (Å²) < 4.78 is 11.7. The van der Waals surface area contributed by atoms with Gasteiger partial charge in [-0.1, -0.05) is 36.4 Å². The number of ether oxygens (including phenoxy) is 2. The largest absolute Gasteiger partial charge is 0.493 e. The molecule has 0 saturated heterocycles. The summed E-state index contributed by atoms with van der Waals surface area (Å²) in [5.41, 5.74) is 0.764. The maximum atomic E-state index is 11.1. The van der Waals surface area contributed by atoms with Gasteiger partial charge in [0.2, 0.25) is 0 Å². The third-order valence-electron chi connectivity index (χ3n) is 5.19. The Morgan fingerprint density at radius 2 is 1.62 bits per heavy atom. The standard InChI is InChI=1S/C20H20O4/c21-18(22)20-11-19(12-20,13-20)14-24-17-8-4-7-16(9-17)23-10-15-5-2-1-3-6-15/h1-9H,10-14H2,(H,21,22). The average Bonchev–Trinajstić information content (AvgIpc) is 2.51. The summed E-state index contributed by atoms with van der Waals surface area (Å²) in [5.74, 6) is 0.895. The summed E-state index contributed by atoms with van der Waals surface area (Å²) in [6.07, 6.45) is 2.25. The molecule has 2 bridgehead atoms. The molecule has 4 heteroatoms. The Hall–Kier alpha value is -2.49. The zero-order valence-corrected chi connectivity index (χ0v) is 13.4. The summed E-state index contributed by atoms with van der Waals surface area (Å²) >= 11 is 0. The molecule has 0 unspecified atom stereocenters. The molecule has 1 N–H and O–H groups in total. The number of carboxylic acids is 1. The number of carbonyl (C=O) groups is 1. The normalized spacial score (nSPS) is 26.8. The van der Waals surface area contributed by atoms with E-state index in [1.807, 2.05) is 54.6 Å². The second-order valence-electron chi connectivity index (χ2n) is 7.15. The summed E-state index contributed by atoms with van der Waals surface area (Å²) in [6.45, 7) is 1.11. The smallest absolute Gasteiger partial charge is 0.309 e. The topological polar surface area (TPSA) is 55.8 Å².